The van der Waals surface area contributed by atoms with E-state index < -0.39 is 0 Å². The molecule has 0 fully saturated rings. The highest BCUT2D eigenvalue weighted by atomic mass is 16.5. The molecule has 3 rings (SSSR count). The van der Waals surface area contributed by atoms with Crippen molar-refractivity contribution in [2.24, 2.45) is 0 Å². The number of nitrogens with zero attached hydrogens (tertiary/aromatic N) is 4. The minimum Gasteiger partial charge on any atom is -0.337 e. The van der Waals surface area contributed by atoms with Crippen molar-refractivity contribution in [3.05, 3.63) is 60.4 Å². The van der Waals surface area contributed by atoms with E-state index in [9.17, 15) is 0 Å². The highest BCUT2D eigenvalue weighted by Gasteiger charge is 2.19. The van der Waals surface area contributed by atoms with Crippen LogP contribution in [-0.4, -0.2) is 26.7 Å². The number of likely N-dealkylation sites (N-methyl/N-ethyl adjacent to an activating group) is 1. The summed E-state index contributed by atoms with van der Waals surface area (Å²) < 4.78 is 5.41. The molecule has 0 aliphatic heterocycles. The standard InChI is InChI=1S/C16H17N5O/c1-2-18-13(10-12-6-4-3-5-7-12)16-20-15(21-22-16)14-11-17-8-9-19-14/h3-9,11,13,18H,2,10H2,1H3/t13-/m1/s1. The fourth-order valence-corrected chi connectivity index (χ4v) is 2.24. The first-order valence-corrected chi connectivity index (χ1v) is 7.24. The van der Waals surface area contributed by atoms with Crippen LogP contribution in [0.1, 0.15) is 24.4 Å². The van der Waals surface area contributed by atoms with Crippen LogP contribution in [0.25, 0.3) is 11.5 Å². The fraction of sp³-hybridized carbons (Fsp3) is 0.250. The summed E-state index contributed by atoms with van der Waals surface area (Å²) in [4.78, 5) is 12.7. The topological polar surface area (TPSA) is 76.7 Å². The van der Waals surface area contributed by atoms with Gasteiger partial charge in [-0.05, 0) is 18.5 Å². The van der Waals surface area contributed by atoms with Gasteiger partial charge in [0.2, 0.25) is 11.7 Å². The van der Waals surface area contributed by atoms with Crippen LogP contribution in [0.15, 0.2) is 53.4 Å². The Morgan fingerprint density at radius 1 is 1.18 bits per heavy atom. The molecule has 6 nitrogen and oxygen atoms in total. The first-order chi connectivity index (χ1) is 10.9. The van der Waals surface area contributed by atoms with Crippen LogP contribution >= 0.6 is 0 Å². The molecule has 0 amide bonds. The van der Waals surface area contributed by atoms with Gasteiger partial charge in [0, 0.05) is 12.4 Å². The average molecular weight is 295 g/mol. The van der Waals surface area contributed by atoms with Gasteiger partial charge in [-0.3, -0.25) is 4.98 Å². The van der Waals surface area contributed by atoms with Gasteiger partial charge in [-0.1, -0.05) is 42.4 Å². The summed E-state index contributed by atoms with van der Waals surface area (Å²) in [6.45, 7) is 2.87. The Kier molecular flexibility index (Phi) is 4.50. The Bertz CT molecular complexity index is 699. The van der Waals surface area contributed by atoms with Crippen molar-refractivity contribution in [1.29, 1.82) is 0 Å². The molecule has 1 atom stereocenters. The van der Waals surface area contributed by atoms with E-state index in [-0.39, 0.29) is 6.04 Å². The lowest BCUT2D eigenvalue weighted by molar-refractivity contribution is 0.331. The zero-order chi connectivity index (χ0) is 15.2. The van der Waals surface area contributed by atoms with Gasteiger partial charge in [-0.15, -0.1) is 0 Å². The Morgan fingerprint density at radius 2 is 2.05 bits per heavy atom. The molecule has 0 spiro atoms. The first-order valence-electron chi connectivity index (χ1n) is 7.24. The minimum absolute atomic E-state index is 0.0229. The molecule has 1 N–H and O–H groups in total. The molecule has 0 bridgehead atoms. The molecule has 0 saturated heterocycles. The summed E-state index contributed by atoms with van der Waals surface area (Å²) in [5.74, 6) is 1.02. The van der Waals surface area contributed by atoms with Gasteiger partial charge in [-0.25, -0.2) is 4.98 Å². The number of nitrogens with one attached hydrogen (secondary N) is 1. The molecule has 1 aromatic carbocycles. The third kappa shape index (κ3) is 3.35. The Balaban J connectivity index is 1.82. The number of hydrogen-bond donors (Lipinski definition) is 1. The lowest BCUT2D eigenvalue weighted by Gasteiger charge is -2.13. The van der Waals surface area contributed by atoms with E-state index in [0.717, 1.165) is 13.0 Å². The van der Waals surface area contributed by atoms with Crippen LogP contribution in [0.5, 0.6) is 0 Å². The highest BCUT2D eigenvalue weighted by molar-refractivity contribution is 5.45. The van der Waals surface area contributed by atoms with Crippen molar-refractivity contribution in [3.8, 4) is 11.5 Å². The third-order valence-corrected chi connectivity index (χ3v) is 3.27. The van der Waals surface area contributed by atoms with Crippen molar-refractivity contribution < 1.29 is 4.52 Å². The summed E-state index contributed by atoms with van der Waals surface area (Å²) in [6.07, 6.45) is 5.63. The van der Waals surface area contributed by atoms with E-state index in [0.29, 0.717) is 17.4 Å². The number of aromatic nitrogens is 4. The van der Waals surface area contributed by atoms with Crippen LogP contribution in [0, 0.1) is 0 Å². The number of benzene rings is 1. The third-order valence-electron chi connectivity index (χ3n) is 3.27. The van der Waals surface area contributed by atoms with Crippen LogP contribution in [0.4, 0.5) is 0 Å². The molecule has 0 unspecified atom stereocenters. The second-order valence-electron chi connectivity index (χ2n) is 4.85. The molecule has 22 heavy (non-hydrogen) atoms. The predicted molar refractivity (Wildman–Crippen MR) is 81.9 cm³/mol. The monoisotopic (exact) mass is 295 g/mol. The van der Waals surface area contributed by atoms with E-state index in [4.69, 9.17) is 4.52 Å². The highest BCUT2D eigenvalue weighted by Crippen LogP contribution is 2.19. The summed E-state index contributed by atoms with van der Waals surface area (Å²) in [6, 6.07) is 10.2. The van der Waals surface area contributed by atoms with Crippen molar-refractivity contribution in [3.63, 3.8) is 0 Å². The Morgan fingerprint density at radius 3 is 2.77 bits per heavy atom. The van der Waals surface area contributed by atoms with Crippen molar-refractivity contribution in [1.82, 2.24) is 25.4 Å². The molecule has 0 radical (unpaired) electrons. The molecular weight excluding hydrogens is 278 g/mol. The smallest absolute Gasteiger partial charge is 0.244 e. The van der Waals surface area contributed by atoms with Gasteiger partial charge in [-0.2, -0.15) is 4.98 Å². The van der Waals surface area contributed by atoms with E-state index in [2.05, 4.69) is 44.5 Å². The van der Waals surface area contributed by atoms with E-state index in [1.54, 1.807) is 18.6 Å². The van der Waals surface area contributed by atoms with E-state index in [1.165, 1.54) is 5.56 Å². The van der Waals surface area contributed by atoms with Gasteiger partial charge in [0.1, 0.15) is 5.69 Å². The lowest BCUT2D eigenvalue weighted by Crippen LogP contribution is -2.23. The molecule has 0 aliphatic carbocycles. The minimum atomic E-state index is -0.0229. The van der Waals surface area contributed by atoms with Crippen LogP contribution in [0.3, 0.4) is 0 Å². The van der Waals surface area contributed by atoms with Crippen molar-refractivity contribution in [2.75, 3.05) is 6.54 Å². The van der Waals surface area contributed by atoms with Crippen molar-refractivity contribution >= 4 is 0 Å². The first kappa shape index (κ1) is 14.3. The lowest BCUT2D eigenvalue weighted by atomic mass is 10.1. The van der Waals surface area contributed by atoms with Gasteiger partial charge >= 0.3 is 0 Å². The maximum atomic E-state index is 5.41. The molecule has 112 valence electrons. The van der Waals surface area contributed by atoms with Crippen LogP contribution in [0.2, 0.25) is 0 Å². The number of rotatable bonds is 6. The number of hydrogen-bond acceptors (Lipinski definition) is 6. The zero-order valence-electron chi connectivity index (χ0n) is 12.3. The molecule has 3 aromatic rings. The van der Waals surface area contributed by atoms with Crippen LogP contribution < -0.4 is 5.32 Å². The quantitative estimate of drug-likeness (QED) is 0.752. The molecular formula is C16H17N5O. The molecule has 0 saturated carbocycles. The normalized spacial score (nSPS) is 12.2. The van der Waals surface area contributed by atoms with Crippen LogP contribution in [-0.2, 0) is 6.42 Å². The maximum Gasteiger partial charge on any atom is 0.244 e. The largest absolute Gasteiger partial charge is 0.337 e. The molecule has 0 aliphatic rings. The summed E-state index contributed by atoms with van der Waals surface area (Å²) >= 11 is 0. The van der Waals surface area contributed by atoms with Gasteiger partial charge in [0.05, 0.1) is 12.2 Å². The van der Waals surface area contributed by atoms with E-state index in [1.807, 2.05) is 18.2 Å². The predicted octanol–water partition coefficient (Wildman–Crippen LogP) is 2.42. The Hall–Kier alpha value is -2.60. The van der Waals surface area contributed by atoms with Gasteiger partial charge in [0.15, 0.2) is 0 Å². The summed E-state index contributed by atoms with van der Waals surface area (Å²) in [5, 5.41) is 7.38. The van der Waals surface area contributed by atoms with Gasteiger partial charge < -0.3 is 9.84 Å². The van der Waals surface area contributed by atoms with Gasteiger partial charge in [0.25, 0.3) is 0 Å². The molecule has 2 heterocycles. The maximum absolute atomic E-state index is 5.41. The zero-order valence-corrected chi connectivity index (χ0v) is 12.3. The Labute approximate surface area is 128 Å². The fourth-order valence-electron chi connectivity index (χ4n) is 2.24. The molecule has 6 heteroatoms. The van der Waals surface area contributed by atoms with Crippen molar-refractivity contribution in [2.45, 2.75) is 19.4 Å². The average Bonchev–Trinajstić information content (AvgIpc) is 3.06. The second kappa shape index (κ2) is 6.91. The second-order valence-corrected chi connectivity index (χ2v) is 4.85. The SMILES string of the molecule is CCN[C@H](Cc1ccccc1)c1nc(-c2cnccn2)no1. The molecule has 2 aromatic heterocycles. The summed E-state index contributed by atoms with van der Waals surface area (Å²) in [5.41, 5.74) is 1.82. The summed E-state index contributed by atoms with van der Waals surface area (Å²) in [7, 11) is 0. The van der Waals surface area contributed by atoms with E-state index >= 15 is 0 Å².